The molecule has 166 valence electrons. The Bertz CT molecular complexity index is 620. The van der Waals surface area contributed by atoms with Crippen LogP contribution in [0.3, 0.4) is 0 Å². The van der Waals surface area contributed by atoms with Crippen molar-refractivity contribution in [2.75, 3.05) is 7.11 Å². The molecule has 0 saturated heterocycles. The molecular weight excluding hydrogens is 358 g/mol. The van der Waals surface area contributed by atoms with Crippen LogP contribution in [0.2, 0.25) is 0 Å². The van der Waals surface area contributed by atoms with Crippen molar-refractivity contribution in [2.24, 2.45) is 58.0 Å². The highest BCUT2D eigenvalue weighted by molar-refractivity contribution is 5.69. The minimum atomic E-state index is -0.0462. The Morgan fingerprint density at radius 3 is 2.59 bits per heavy atom. The molecular formula is C26H45NO2. The molecule has 3 nitrogen and oxygen atoms in total. The SMILES string of the molecule is COC(=O)CCC(C)C1CCC2C3CCC4CC(N)CCC4(C)C3CC(C)C12C. The fraction of sp³-hybridized carbons (Fsp3) is 0.962. The zero-order chi connectivity index (χ0) is 21.0. The third-order valence-corrected chi connectivity index (χ3v) is 11.1. The lowest BCUT2D eigenvalue weighted by Gasteiger charge is -2.63. The number of carbonyl (C=O) groups excluding carboxylic acids is 1. The summed E-state index contributed by atoms with van der Waals surface area (Å²) in [6, 6.07) is 0.447. The lowest BCUT2D eigenvalue weighted by atomic mass is 9.42. The second-order valence-electron chi connectivity index (χ2n) is 12.0. The zero-order valence-electron chi connectivity index (χ0n) is 19.6. The van der Waals surface area contributed by atoms with Crippen molar-refractivity contribution < 1.29 is 9.53 Å². The molecule has 0 aromatic heterocycles. The van der Waals surface area contributed by atoms with E-state index in [1.54, 1.807) is 0 Å². The van der Waals surface area contributed by atoms with Gasteiger partial charge in [0.2, 0.25) is 0 Å². The van der Waals surface area contributed by atoms with Crippen LogP contribution in [0.4, 0.5) is 0 Å². The van der Waals surface area contributed by atoms with Crippen LogP contribution in [0.5, 0.6) is 0 Å². The predicted octanol–water partition coefficient (Wildman–Crippen LogP) is 5.81. The number of hydrogen-bond acceptors (Lipinski definition) is 3. The van der Waals surface area contributed by atoms with Gasteiger partial charge in [0.1, 0.15) is 0 Å². The quantitative estimate of drug-likeness (QED) is 0.603. The number of hydrogen-bond donors (Lipinski definition) is 1. The lowest BCUT2D eigenvalue weighted by molar-refractivity contribution is -0.143. The monoisotopic (exact) mass is 403 g/mol. The fourth-order valence-corrected chi connectivity index (χ4v) is 9.24. The third kappa shape index (κ3) is 3.38. The minimum Gasteiger partial charge on any atom is -0.469 e. The molecule has 0 aliphatic heterocycles. The maximum atomic E-state index is 11.7. The largest absolute Gasteiger partial charge is 0.469 e. The molecule has 4 saturated carbocycles. The smallest absolute Gasteiger partial charge is 0.305 e. The first-order valence-electron chi connectivity index (χ1n) is 12.5. The Hall–Kier alpha value is -0.570. The van der Waals surface area contributed by atoms with E-state index in [-0.39, 0.29) is 5.97 Å². The molecule has 10 unspecified atom stereocenters. The van der Waals surface area contributed by atoms with Gasteiger partial charge in [-0.15, -0.1) is 0 Å². The molecule has 4 fully saturated rings. The van der Waals surface area contributed by atoms with Crippen molar-refractivity contribution in [3.8, 4) is 0 Å². The van der Waals surface area contributed by atoms with Gasteiger partial charge < -0.3 is 10.5 Å². The highest BCUT2D eigenvalue weighted by Gasteiger charge is 2.62. The number of fused-ring (bicyclic) bond motifs is 5. The number of rotatable bonds is 4. The van der Waals surface area contributed by atoms with Gasteiger partial charge in [-0.05, 0) is 110 Å². The molecule has 0 aromatic rings. The van der Waals surface area contributed by atoms with Crippen molar-refractivity contribution in [1.82, 2.24) is 0 Å². The summed E-state index contributed by atoms with van der Waals surface area (Å²) in [5, 5.41) is 0. The van der Waals surface area contributed by atoms with E-state index in [9.17, 15) is 4.79 Å². The molecule has 4 aliphatic carbocycles. The van der Waals surface area contributed by atoms with Gasteiger partial charge in [-0.2, -0.15) is 0 Å². The van der Waals surface area contributed by atoms with E-state index in [0.717, 1.165) is 41.9 Å². The van der Waals surface area contributed by atoms with Gasteiger partial charge >= 0.3 is 5.97 Å². The summed E-state index contributed by atoms with van der Waals surface area (Å²) in [5.74, 6) is 5.69. The van der Waals surface area contributed by atoms with Gasteiger partial charge in [-0.3, -0.25) is 4.79 Å². The Balaban J connectivity index is 1.53. The van der Waals surface area contributed by atoms with Crippen molar-refractivity contribution >= 4 is 5.97 Å². The first kappa shape index (κ1) is 21.7. The van der Waals surface area contributed by atoms with E-state index < -0.39 is 0 Å². The van der Waals surface area contributed by atoms with E-state index in [4.69, 9.17) is 10.5 Å². The summed E-state index contributed by atoms with van der Waals surface area (Å²) in [6.07, 6.45) is 12.5. The fourth-order valence-electron chi connectivity index (χ4n) is 9.24. The van der Waals surface area contributed by atoms with Crippen molar-refractivity contribution in [1.29, 1.82) is 0 Å². The Morgan fingerprint density at radius 2 is 1.86 bits per heavy atom. The molecule has 29 heavy (non-hydrogen) atoms. The maximum Gasteiger partial charge on any atom is 0.305 e. The summed E-state index contributed by atoms with van der Waals surface area (Å²) in [6.45, 7) is 10.2. The molecule has 0 aromatic carbocycles. The molecule has 0 amide bonds. The van der Waals surface area contributed by atoms with Gasteiger partial charge in [0, 0.05) is 12.5 Å². The number of nitrogens with two attached hydrogens (primary N) is 1. The highest BCUT2D eigenvalue weighted by Crippen LogP contribution is 2.69. The van der Waals surface area contributed by atoms with Crippen LogP contribution in [0.1, 0.15) is 91.9 Å². The van der Waals surface area contributed by atoms with Gasteiger partial charge in [-0.25, -0.2) is 0 Å². The minimum absolute atomic E-state index is 0.0462. The van der Waals surface area contributed by atoms with Crippen LogP contribution < -0.4 is 5.73 Å². The summed E-state index contributed by atoms with van der Waals surface area (Å²) in [7, 11) is 1.51. The number of methoxy groups -OCH3 is 1. The molecule has 0 spiro atoms. The topological polar surface area (TPSA) is 52.3 Å². The van der Waals surface area contributed by atoms with E-state index in [1.165, 1.54) is 58.5 Å². The molecule has 0 heterocycles. The molecule has 0 radical (unpaired) electrons. The molecule has 4 rings (SSSR count). The standard InChI is InChI=1S/C26H45NO2/c1-16(6-11-24(28)29-5)21-9-10-22-20-8-7-18-15-19(27)12-13-25(18,3)23(20)14-17(2)26(21,22)4/h16-23H,6-15,27H2,1-5H3. The Kier molecular flexibility index (Phi) is 5.86. The zero-order valence-corrected chi connectivity index (χ0v) is 19.6. The first-order valence-corrected chi connectivity index (χ1v) is 12.5. The predicted molar refractivity (Wildman–Crippen MR) is 118 cm³/mol. The van der Waals surface area contributed by atoms with Crippen LogP contribution in [-0.2, 0) is 9.53 Å². The second kappa shape index (κ2) is 7.84. The summed E-state index contributed by atoms with van der Waals surface area (Å²) >= 11 is 0. The summed E-state index contributed by atoms with van der Waals surface area (Å²) < 4.78 is 4.91. The normalized spacial score (nSPS) is 50.2. The average molecular weight is 404 g/mol. The Morgan fingerprint density at radius 1 is 1.10 bits per heavy atom. The molecule has 0 bridgehead atoms. The van der Waals surface area contributed by atoms with Gasteiger partial charge in [0.25, 0.3) is 0 Å². The van der Waals surface area contributed by atoms with Crippen LogP contribution in [0.25, 0.3) is 0 Å². The molecule has 10 atom stereocenters. The molecule has 2 N–H and O–H groups in total. The van der Waals surface area contributed by atoms with Gasteiger partial charge in [0.15, 0.2) is 0 Å². The van der Waals surface area contributed by atoms with Crippen molar-refractivity contribution in [3.05, 3.63) is 0 Å². The van der Waals surface area contributed by atoms with E-state index in [1.807, 2.05) is 0 Å². The van der Waals surface area contributed by atoms with Crippen LogP contribution in [0.15, 0.2) is 0 Å². The van der Waals surface area contributed by atoms with Gasteiger partial charge in [-0.1, -0.05) is 27.7 Å². The summed E-state index contributed by atoms with van der Waals surface area (Å²) in [4.78, 5) is 11.7. The van der Waals surface area contributed by atoms with Crippen LogP contribution in [-0.4, -0.2) is 19.1 Å². The van der Waals surface area contributed by atoms with E-state index in [0.29, 0.717) is 29.2 Å². The number of carbonyl (C=O) groups is 1. The summed E-state index contributed by atoms with van der Waals surface area (Å²) in [5.41, 5.74) is 7.36. The third-order valence-electron chi connectivity index (χ3n) is 11.1. The van der Waals surface area contributed by atoms with Gasteiger partial charge in [0.05, 0.1) is 7.11 Å². The highest BCUT2D eigenvalue weighted by atomic mass is 16.5. The molecule has 4 aliphatic rings. The first-order chi connectivity index (χ1) is 13.7. The van der Waals surface area contributed by atoms with E-state index >= 15 is 0 Å². The van der Waals surface area contributed by atoms with Crippen LogP contribution >= 0.6 is 0 Å². The number of esters is 1. The number of ether oxygens (including phenoxy) is 1. The van der Waals surface area contributed by atoms with Crippen LogP contribution in [0, 0.1) is 52.3 Å². The van der Waals surface area contributed by atoms with Crippen molar-refractivity contribution in [3.63, 3.8) is 0 Å². The molecule has 3 heteroatoms. The van der Waals surface area contributed by atoms with Crippen molar-refractivity contribution in [2.45, 2.75) is 97.9 Å². The maximum absolute atomic E-state index is 11.7. The second-order valence-corrected chi connectivity index (χ2v) is 12.0. The van der Waals surface area contributed by atoms with E-state index in [2.05, 4.69) is 27.7 Å². The average Bonchev–Trinajstić information content (AvgIpc) is 3.06. The Labute approximate surface area is 178 Å². The lowest BCUT2D eigenvalue weighted by Crippen LogP contribution is -2.57.